The summed E-state index contributed by atoms with van der Waals surface area (Å²) in [6.07, 6.45) is 3.05. The minimum Gasteiger partial charge on any atom is -0.477 e. The SMILES string of the molecule is C/C=c1/cc(C(=O)O)c(=O)o/c1=C/[C@H](C)OCc1ccccc1. The van der Waals surface area contributed by atoms with Crippen LogP contribution in [0, 0.1) is 0 Å². The van der Waals surface area contributed by atoms with Crippen LogP contribution in [-0.4, -0.2) is 17.2 Å². The summed E-state index contributed by atoms with van der Waals surface area (Å²) in [6.45, 7) is 4.00. The predicted octanol–water partition coefficient (Wildman–Crippen LogP) is 1.52. The monoisotopic (exact) mass is 314 g/mol. The van der Waals surface area contributed by atoms with Crippen LogP contribution < -0.4 is 16.3 Å². The van der Waals surface area contributed by atoms with Gasteiger partial charge < -0.3 is 14.3 Å². The Kier molecular flexibility index (Phi) is 5.49. The summed E-state index contributed by atoms with van der Waals surface area (Å²) < 4.78 is 10.8. The Balaban J connectivity index is 2.26. The number of benzene rings is 1. The molecule has 1 atom stereocenters. The van der Waals surface area contributed by atoms with E-state index in [0.717, 1.165) is 5.56 Å². The fourth-order valence-corrected chi connectivity index (χ4v) is 2.07. The first kappa shape index (κ1) is 16.7. The minimum atomic E-state index is -1.30. The summed E-state index contributed by atoms with van der Waals surface area (Å²) >= 11 is 0. The molecule has 0 bridgehead atoms. The first-order valence-corrected chi connectivity index (χ1v) is 7.22. The fraction of sp³-hybridized carbons (Fsp3) is 0.222. The smallest absolute Gasteiger partial charge is 0.351 e. The molecule has 0 aliphatic heterocycles. The summed E-state index contributed by atoms with van der Waals surface area (Å²) in [5, 5.41) is 9.50. The minimum absolute atomic E-state index is 0.298. The van der Waals surface area contributed by atoms with Crippen LogP contribution in [0.2, 0.25) is 0 Å². The maximum Gasteiger partial charge on any atom is 0.351 e. The van der Waals surface area contributed by atoms with Gasteiger partial charge in [0, 0.05) is 5.22 Å². The van der Waals surface area contributed by atoms with Gasteiger partial charge in [0.15, 0.2) is 0 Å². The second kappa shape index (κ2) is 7.56. The second-order valence-electron chi connectivity index (χ2n) is 5.03. The summed E-state index contributed by atoms with van der Waals surface area (Å²) in [5.74, 6) is -1.30. The molecule has 1 N–H and O–H groups in total. The van der Waals surface area contributed by atoms with Crippen molar-refractivity contribution in [3.63, 3.8) is 0 Å². The molecule has 0 radical (unpaired) electrons. The molecule has 5 heteroatoms. The van der Waals surface area contributed by atoms with E-state index in [-0.39, 0.29) is 11.7 Å². The lowest BCUT2D eigenvalue weighted by Gasteiger charge is -2.08. The van der Waals surface area contributed by atoms with Crippen molar-refractivity contribution < 1.29 is 19.1 Å². The van der Waals surface area contributed by atoms with E-state index >= 15 is 0 Å². The van der Waals surface area contributed by atoms with Crippen molar-refractivity contribution in [2.24, 2.45) is 0 Å². The normalized spacial score (nSPS) is 14.0. The molecule has 2 rings (SSSR count). The Morgan fingerprint density at radius 2 is 2.04 bits per heavy atom. The zero-order valence-electron chi connectivity index (χ0n) is 13.0. The lowest BCUT2D eigenvalue weighted by atomic mass is 10.2. The standard InChI is InChI=1S/C18H18O5/c1-3-14-10-15(17(19)20)18(21)23-16(14)9-12(2)22-11-13-7-5-4-6-8-13/h3-10,12H,11H2,1-2H3,(H,19,20)/b14-3-,16-9+/t12-/m0/s1. The van der Waals surface area contributed by atoms with Gasteiger partial charge in [0.2, 0.25) is 0 Å². The van der Waals surface area contributed by atoms with Gasteiger partial charge in [-0.1, -0.05) is 36.4 Å². The third kappa shape index (κ3) is 4.40. The molecule has 120 valence electrons. The van der Waals surface area contributed by atoms with E-state index in [1.807, 2.05) is 37.3 Å². The third-order valence-electron chi connectivity index (χ3n) is 3.29. The van der Waals surface area contributed by atoms with Crippen LogP contribution in [0.4, 0.5) is 0 Å². The molecule has 5 nitrogen and oxygen atoms in total. The summed E-state index contributed by atoms with van der Waals surface area (Å²) in [4.78, 5) is 22.7. The van der Waals surface area contributed by atoms with Crippen molar-refractivity contribution in [1.82, 2.24) is 0 Å². The number of hydrogen-bond donors (Lipinski definition) is 1. The molecule has 2 aromatic rings. The van der Waals surface area contributed by atoms with Crippen LogP contribution in [0.15, 0.2) is 45.6 Å². The van der Waals surface area contributed by atoms with Crippen molar-refractivity contribution in [2.75, 3.05) is 0 Å². The molecular formula is C18H18O5. The van der Waals surface area contributed by atoms with Crippen LogP contribution in [0.3, 0.4) is 0 Å². The molecule has 0 unspecified atom stereocenters. The van der Waals surface area contributed by atoms with E-state index in [9.17, 15) is 9.59 Å². The maximum absolute atomic E-state index is 11.7. The van der Waals surface area contributed by atoms with Gasteiger partial charge in [-0.15, -0.1) is 0 Å². The van der Waals surface area contributed by atoms with Gasteiger partial charge in [-0.25, -0.2) is 9.59 Å². The van der Waals surface area contributed by atoms with Gasteiger partial charge in [0.1, 0.15) is 11.0 Å². The van der Waals surface area contributed by atoms with Crippen LogP contribution in [0.1, 0.15) is 29.8 Å². The number of carboxylic acid groups (broad SMARTS) is 1. The summed E-state index contributed by atoms with van der Waals surface area (Å²) in [5.41, 5.74) is 0.0958. The molecular weight excluding hydrogens is 296 g/mol. The molecule has 0 saturated carbocycles. The molecule has 23 heavy (non-hydrogen) atoms. The van der Waals surface area contributed by atoms with Gasteiger partial charge in [-0.3, -0.25) is 0 Å². The van der Waals surface area contributed by atoms with E-state index in [2.05, 4.69) is 0 Å². The molecule has 1 aromatic carbocycles. The molecule has 0 saturated heterocycles. The molecule has 0 spiro atoms. The summed E-state index contributed by atoms with van der Waals surface area (Å²) in [6, 6.07) is 11.0. The van der Waals surface area contributed by atoms with Crippen LogP contribution >= 0.6 is 0 Å². The Labute approximate surface area is 133 Å². The van der Waals surface area contributed by atoms with Gasteiger partial charge in [-0.2, -0.15) is 0 Å². The lowest BCUT2D eigenvalue weighted by molar-refractivity contribution is 0.0691. The zero-order chi connectivity index (χ0) is 16.8. The first-order chi connectivity index (χ1) is 11.0. The average Bonchev–Trinajstić information content (AvgIpc) is 2.54. The first-order valence-electron chi connectivity index (χ1n) is 7.22. The summed E-state index contributed by atoms with van der Waals surface area (Å²) in [7, 11) is 0. The van der Waals surface area contributed by atoms with E-state index < -0.39 is 11.6 Å². The molecule has 0 aliphatic carbocycles. The maximum atomic E-state index is 11.7. The third-order valence-corrected chi connectivity index (χ3v) is 3.29. The molecule has 1 heterocycles. The topological polar surface area (TPSA) is 76.7 Å². The van der Waals surface area contributed by atoms with Crippen LogP contribution in [0.25, 0.3) is 12.2 Å². The number of aromatic carboxylic acids is 1. The highest BCUT2D eigenvalue weighted by Crippen LogP contribution is 2.03. The highest BCUT2D eigenvalue weighted by atomic mass is 16.5. The molecule has 1 aromatic heterocycles. The quantitative estimate of drug-likeness (QED) is 0.905. The second-order valence-corrected chi connectivity index (χ2v) is 5.03. The van der Waals surface area contributed by atoms with Crippen LogP contribution in [0.5, 0.6) is 0 Å². The average molecular weight is 314 g/mol. The van der Waals surface area contributed by atoms with Gasteiger partial charge in [-0.05, 0) is 31.6 Å². The largest absolute Gasteiger partial charge is 0.477 e. The van der Waals surface area contributed by atoms with E-state index in [4.69, 9.17) is 14.3 Å². The Morgan fingerprint density at radius 3 is 2.65 bits per heavy atom. The lowest BCUT2D eigenvalue weighted by Crippen LogP contribution is -2.33. The Bertz CT molecular complexity index is 849. The van der Waals surface area contributed by atoms with E-state index in [0.29, 0.717) is 17.2 Å². The van der Waals surface area contributed by atoms with Crippen LogP contribution in [-0.2, 0) is 11.3 Å². The number of hydrogen-bond acceptors (Lipinski definition) is 4. The fourth-order valence-electron chi connectivity index (χ4n) is 2.07. The Morgan fingerprint density at radius 1 is 1.35 bits per heavy atom. The number of rotatable bonds is 5. The highest BCUT2D eigenvalue weighted by Gasteiger charge is 2.10. The zero-order valence-corrected chi connectivity index (χ0v) is 13.0. The predicted molar refractivity (Wildman–Crippen MR) is 86.5 cm³/mol. The van der Waals surface area contributed by atoms with E-state index in [1.54, 1.807) is 19.1 Å². The number of ether oxygens (including phenoxy) is 1. The van der Waals surface area contributed by atoms with E-state index in [1.165, 1.54) is 6.07 Å². The molecule has 0 aliphatic rings. The van der Waals surface area contributed by atoms with Crippen molar-refractivity contribution in [2.45, 2.75) is 26.6 Å². The van der Waals surface area contributed by atoms with Gasteiger partial charge in [0.25, 0.3) is 0 Å². The van der Waals surface area contributed by atoms with Crippen molar-refractivity contribution >= 4 is 18.1 Å². The molecule has 0 fully saturated rings. The van der Waals surface area contributed by atoms with Crippen molar-refractivity contribution in [3.05, 3.63) is 68.6 Å². The Hall–Kier alpha value is -2.66. The van der Waals surface area contributed by atoms with Crippen molar-refractivity contribution in [1.29, 1.82) is 0 Å². The van der Waals surface area contributed by atoms with Crippen molar-refractivity contribution in [3.8, 4) is 0 Å². The van der Waals surface area contributed by atoms with Gasteiger partial charge in [0.05, 0.1) is 12.7 Å². The number of carbonyl (C=O) groups is 1. The highest BCUT2D eigenvalue weighted by molar-refractivity contribution is 5.86. The van der Waals surface area contributed by atoms with Gasteiger partial charge >= 0.3 is 11.6 Å². The molecule has 0 amide bonds. The number of carboxylic acids is 1.